The first-order valence-corrected chi connectivity index (χ1v) is 11.3. The van der Waals surface area contributed by atoms with Crippen molar-refractivity contribution in [3.8, 4) is 0 Å². The zero-order valence-electron chi connectivity index (χ0n) is 19.4. The first-order chi connectivity index (χ1) is 14.0. The Morgan fingerprint density at radius 2 is 2.03 bits per heavy atom. The van der Waals surface area contributed by atoms with E-state index in [0.29, 0.717) is 23.3 Å². The SMILES string of the molecule is COC(C=C[C@H](C)[C@H]1CC[C@]2(C)C[C@@H]3C(C)=CC(=O)[C@H]3C(C=O)=CC[C@@H]12)C(C)(C)O. The van der Waals surface area contributed by atoms with Crippen LogP contribution in [-0.4, -0.2) is 36.0 Å². The van der Waals surface area contributed by atoms with Crippen molar-refractivity contribution in [2.24, 2.45) is 35.0 Å². The van der Waals surface area contributed by atoms with Gasteiger partial charge in [-0.25, -0.2) is 0 Å². The maximum atomic E-state index is 12.6. The van der Waals surface area contributed by atoms with Crippen LogP contribution in [-0.2, 0) is 14.3 Å². The van der Waals surface area contributed by atoms with Crippen molar-refractivity contribution in [2.45, 2.75) is 72.0 Å². The minimum absolute atomic E-state index is 0.0981. The van der Waals surface area contributed by atoms with E-state index in [2.05, 4.69) is 26.0 Å². The third kappa shape index (κ3) is 4.27. The van der Waals surface area contributed by atoms with Gasteiger partial charge in [0.15, 0.2) is 5.78 Å². The molecular weight excluding hydrogens is 376 g/mol. The molecule has 0 spiro atoms. The quantitative estimate of drug-likeness (QED) is 0.506. The number of methoxy groups -OCH3 is 1. The molecule has 30 heavy (non-hydrogen) atoms. The van der Waals surface area contributed by atoms with Crippen molar-refractivity contribution in [3.05, 3.63) is 35.5 Å². The van der Waals surface area contributed by atoms with Gasteiger partial charge in [0.05, 0.1) is 11.5 Å². The molecule has 0 bridgehead atoms. The van der Waals surface area contributed by atoms with Gasteiger partial charge in [-0.1, -0.05) is 37.6 Å². The van der Waals surface area contributed by atoms with Crippen LogP contribution in [0.3, 0.4) is 0 Å². The molecule has 0 radical (unpaired) electrons. The molecule has 0 aromatic heterocycles. The van der Waals surface area contributed by atoms with Gasteiger partial charge in [0.1, 0.15) is 12.4 Å². The summed E-state index contributed by atoms with van der Waals surface area (Å²) in [6.07, 6.45) is 12.7. The summed E-state index contributed by atoms with van der Waals surface area (Å²) < 4.78 is 5.47. The average Bonchev–Trinajstić information content (AvgIpc) is 3.10. The Morgan fingerprint density at radius 3 is 2.63 bits per heavy atom. The number of ether oxygens (including phenoxy) is 1. The molecule has 1 saturated carbocycles. The molecule has 1 N–H and O–H groups in total. The summed E-state index contributed by atoms with van der Waals surface area (Å²) in [6, 6.07) is 0. The molecule has 1 fully saturated rings. The van der Waals surface area contributed by atoms with Crippen molar-refractivity contribution in [1.29, 1.82) is 0 Å². The Labute approximate surface area is 181 Å². The van der Waals surface area contributed by atoms with Crippen LogP contribution in [0.1, 0.15) is 60.3 Å². The molecule has 0 aromatic rings. The number of aldehydes is 1. The highest BCUT2D eigenvalue weighted by Crippen LogP contribution is 2.58. The van der Waals surface area contributed by atoms with Crippen molar-refractivity contribution < 1.29 is 19.4 Å². The molecule has 3 aliphatic rings. The van der Waals surface area contributed by atoms with E-state index in [9.17, 15) is 14.7 Å². The summed E-state index contributed by atoms with van der Waals surface area (Å²) in [7, 11) is 1.62. The van der Waals surface area contributed by atoms with E-state index in [1.807, 2.05) is 13.0 Å². The minimum Gasteiger partial charge on any atom is -0.387 e. The number of carbonyl (C=O) groups is 2. The lowest BCUT2D eigenvalue weighted by Crippen LogP contribution is -2.36. The summed E-state index contributed by atoms with van der Waals surface area (Å²) in [6.45, 7) is 10.2. The normalized spacial score (nSPS) is 36.4. The van der Waals surface area contributed by atoms with Crippen LogP contribution < -0.4 is 0 Å². The Bertz CT molecular complexity index is 768. The van der Waals surface area contributed by atoms with Crippen LogP contribution >= 0.6 is 0 Å². The number of rotatable bonds is 6. The first-order valence-electron chi connectivity index (χ1n) is 11.3. The van der Waals surface area contributed by atoms with Gasteiger partial charge in [0, 0.05) is 7.11 Å². The molecule has 0 aliphatic heterocycles. The highest BCUT2D eigenvalue weighted by Gasteiger charge is 2.50. The van der Waals surface area contributed by atoms with Crippen LogP contribution in [0.2, 0.25) is 0 Å². The van der Waals surface area contributed by atoms with Crippen molar-refractivity contribution in [1.82, 2.24) is 0 Å². The topological polar surface area (TPSA) is 63.6 Å². The summed E-state index contributed by atoms with van der Waals surface area (Å²) >= 11 is 0. The fraction of sp³-hybridized carbons (Fsp3) is 0.692. The molecule has 0 heterocycles. The van der Waals surface area contributed by atoms with Crippen LogP contribution in [0, 0.1) is 35.0 Å². The molecule has 0 amide bonds. The third-order valence-corrected chi connectivity index (χ3v) is 8.13. The van der Waals surface area contributed by atoms with Crippen LogP contribution in [0.25, 0.3) is 0 Å². The average molecular weight is 415 g/mol. The van der Waals surface area contributed by atoms with E-state index in [1.165, 1.54) is 0 Å². The second-order valence-electron chi connectivity index (χ2n) is 10.7. The fourth-order valence-corrected chi connectivity index (χ4v) is 6.33. The Morgan fingerprint density at radius 1 is 1.33 bits per heavy atom. The molecule has 1 unspecified atom stereocenters. The number of allylic oxidation sites excluding steroid dienone is 5. The molecule has 0 saturated heterocycles. The summed E-state index contributed by atoms with van der Waals surface area (Å²) in [5.41, 5.74) is 1.04. The van der Waals surface area contributed by atoms with Crippen molar-refractivity contribution in [3.63, 3.8) is 0 Å². The molecule has 0 aromatic carbocycles. The van der Waals surface area contributed by atoms with Gasteiger partial charge in [-0.3, -0.25) is 9.59 Å². The number of carbonyl (C=O) groups excluding carboxylic acids is 2. The number of hydrogen-bond acceptors (Lipinski definition) is 4. The highest BCUT2D eigenvalue weighted by atomic mass is 16.5. The van der Waals surface area contributed by atoms with E-state index in [1.54, 1.807) is 27.0 Å². The maximum Gasteiger partial charge on any atom is 0.163 e. The molecule has 4 nitrogen and oxygen atoms in total. The largest absolute Gasteiger partial charge is 0.387 e. The van der Waals surface area contributed by atoms with Gasteiger partial charge in [-0.2, -0.15) is 0 Å². The Balaban J connectivity index is 1.86. The van der Waals surface area contributed by atoms with Gasteiger partial charge in [-0.15, -0.1) is 0 Å². The van der Waals surface area contributed by atoms with Gasteiger partial charge in [-0.05, 0) is 87.2 Å². The van der Waals surface area contributed by atoms with Crippen LogP contribution in [0.15, 0.2) is 35.5 Å². The molecule has 166 valence electrons. The number of fused-ring (bicyclic) bond motifs is 2. The number of hydrogen-bond donors (Lipinski definition) is 1. The van der Waals surface area contributed by atoms with E-state index >= 15 is 0 Å². The standard InChI is InChI=1S/C26H38O4/c1-16(7-10-23(30-6)25(3,4)29)19-11-12-26(5)14-20-17(2)13-22(28)24(20)18(15-27)8-9-21(19)26/h7-8,10,13,15-16,19-21,23-24,29H,9,11-12,14H2,1-6H3/t16-,19+,20+,21-,23?,24-,26+/m0/s1. The van der Waals surface area contributed by atoms with E-state index < -0.39 is 5.60 Å². The fourth-order valence-electron chi connectivity index (χ4n) is 6.33. The predicted molar refractivity (Wildman–Crippen MR) is 119 cm³/mol. The maximum absolute atomic E-state index is 12.6. The van der Waals surface area contributed by atoms with Gasteiger partial charge in [0.25, 0.3) is 0 Å². The van der Waals surface area contributed by atoms with E-state index in [0.717, 1.165) is 37.5 Å². The summed E-state index contributed by atoms with van der Waals surface area (Å²) in [4.78, 5) is 24.4. The predicted octanol–water partition coefficient (Wildman–Crippen LogP) is 4.68. The molecule has 3 rings (SSSR count). The second kappa shape index (κ2) is 8.55. The first kappa shape index (κ1) is 23.1. The zero-order chi connectivity index (χ0) is 22.3. The smallest absolute Gasteiger partial charge is 0.163 e. The Hall–Kier alpha value is -1.52. The van der Waals surface area contributed by atoms with Gasteiger partial charge < -0.3 is 9.84 Å². The lowest BCUT2D eigenvalue weighted by molar-refractivity contribution is -0.119. The number of aliphatic hydroxyl groups is 1. The van der Waals surface area contributed by atoms with Crippen molar-refractivity contribution in [2.75, 3.05) is 7.11 Å². The van der Waals surface area contributed by atoms with Crippen molar-refractivity contribution >= 4 is 12.1 Å². The zero-order valence-corrected chi connectivity index (χ0v) is 19.4. The lowest BCUT2D eigenvalue weighted by atomic mass is 9.63. The minimum atomic E-state index is -0.926. The third-order valence-electron chi connectivity index (χ3n) is 8.13. The molecular formula is C26H38O4. The van der Waals surface area contributed by atoms with E-state index in [-0.39, 0.29) is 29.1 Å². The highest BCUT2D eigenvalue weighted by molar-refractivity contribution is 6.01. The monoisotopic (exact) mass is 414 g/mol. The van der Waals surface area contributed by atoms with E-state index in [4.69, 9.17) is 4.74 Å². The number of ketones is 1. The Kier molecular flexibility index (Phi) is 6.60. The second-order valence-corrected chi connectivity index (χ2v) is 10.7. The van der Waals surface area contributed by atoms with Gasteiger partial charge >= 0.3 is 0 Å². The molecule has 7 atom stereocenters. The van der Waals surface area contributed by atoms with Crippen LogP contribution in [0.4, 0.5) is 0 Å². The molecule has 3 aliphatic carbocycles. The summed E-state index contributed by atoms with van der Waals surface area (Å²) in [5, 5.41) is 10.3. The molecule has 4 heteroatoms. The van der Waals surface area contributed by atoms with Gasteiger partial charge in [0.2, 0.25) is 0 Å². The summed E-state index contributed by atoms with van der Waals surface area (Å²) in [5.74, 6) is 1.31. The lowest BCUT2D eigenvalue weighted by Gasteiger charge is -2.40. The van der Waals surface area contributed by atoms with Crippen LogP contribution in [0.5, 0.6) is 0 Å².